The number of aromatic nitrogens is 2. The molecule has 126 valence electrons. The summed E-state index contributed by atoms with van der Waals surface area (Å²) in [5.41, 5.74) is 4.12. The van der Waals surface area contributed by atoms with Crippen molar-refractivity contribution >= 4 is 23.5 Å². The second kappa shape index (κ2) is 6.49. The number of nitrogens with one attached hydrogen (secondary N) is 1. The van der Waals surface area contributed by atoms with Crippen LogP contribution in [-0.2, 0) is 18.9 Å². The predicted molar refractivity (Wildman–Crippen MR) is 85.4 cm³/mol. The van der Waals surface area contributed by atoms with Crippen molar-refractivity contribution in [3.8, 4) is 0 Å². The van der Waals surface area contributed by atoms with E-state index in [0.717, 1.165) is 27.3 Å². The smallest absolute Gasteiger partial charge is 0.332 e. The summed E-state index contributed by atoms with van der Waals surface area (Å²) >= 11 is 0. The normalized spacial score (nSPS) is 11.0. The number of carbonyl (C=O) groups is 1. The number of amides is 1. The Morgan fingerprint density at radius 3 is 2.29 bits per heavy atom. The van der Waals surface area contributed by atoms with Crippen LogP contribution < -0.4 is 22.3 Å². The van der Waals surface area contributed by atoms with Gasteiger partial charge in [-0.15, -0.1) is 0 Å². The van der Waals surface area contributed by atoms with Gasteiger partial charge in [0.05, 0.1) is 0 Å². The van der Waals surface area contributed by atoms with E-state index in [1.807, 2.05) is 0 Å². The van der Waals surface area contributed by atoms with Gasteiger partial charge < -0.3 is 11.1 Å². The first-order valence-electron chi connectivity index (χ1n) is 6.71. The van der Waals surface area contributed by atoms with Gasteiger partial charge in [0.1, 0.15) is 23.1 Å². The third-order valence-corrected chi connectivity index (χ3v) is 3.27. The zero-order valence-corrected chi connectivity index (χ0v) is 12.8. The number of carbonyl (C=O) groups excluding carboxylic acids is 1. The molecule has 1 aromatic heterocycles. The molecule has 0 saturated carbocycles. The van der Waals surface area contributed by atoms with Crippen LogP contribution in [0.3, 0.4) is 0 Å². The number of hydrogen-bond acceptors (Lipinski definition) is 4. The molecule has 0 aliphatic heterocycles. The van der Waals surface area contributed by atoms with Gasteiger partial charge in [0, 0.05) is 26.2 Å². The minimum atomic E-state index is -0.786. The molecule has 24 heavy (non-hydrogen) atoms. The second-order valence-electron chi connectivity index (χ2n) is 4.99. The number of nitrogen functional groups attached to an aromatic ring is 1. The zero-order chi connectivity index (χ0) is 18.0. The van der Waals surface area contributed by atoms with Crippen LogP contribution in [0.5, 0.6) is 0 Å². The fourth-order valence-corrected chi connectivity index (χ4v) is 1.99. The quantitative estimate of drug-likeness (QED) is 0.802. The second-order valence-corrected chi connectivity index (χ2v) is 4.99. The third kappa shape index (κ3) is 3.40. The number of halogens is 2. The van der Waals surface area contributed by atoms with E-state index >= 15 is 0 Å². The maximum absolute atomic E-state index is 13.1. The first-order chi connectivity index (χ1) is 11.2. The monoisotopic (exact) mass is 336 g/mol. The molecule has 1 amide bonds. The van der Waals surface area contributed by atoms with Crippen molar-refractivity contribution in [1.29, 1.82) is 0 Å². The summed E-state index contributed by atoms with van der Waals surface area (Å²) in [6, 6.07) is 2.77. The molecule has 7 nitrogen and oxygen atoms in total. The third-order valence-electron chi connectivity index (χ3n) is 3.27. The number of rotatable bonds is 3. The van der Waals surface area contributed by atoms with Gasteiger partial charge in [-0.25, -0.2) is 13.6 Å². The molecule has 0 bridgehead atoms. The standard InChI is InChI=1S/C15H14F2N4O3/c1-20-13(18)12(14(23)21(2)15(20)24)19-11(22)4-3-8-5-9(16)7-10(17)6-8/h3-7H,18H2,1-2H3,(H,19,22)/b4-3+. The highest BCUT2D eigenvalue weighted by Gasteiger charge is 2.14. The van der Waals surface area contributed by atoms with Gasteiger partial charge in [0.25, 0.3) is 5.56 Å². The first-order valence-corrected chi connectivity index (χ1v) is 6.71. The van der Waals surface area contributed by atoms with Gasteiger partial charge in [-0.05, 0) is 23.8 Å². The van der Waals surface area contributed by atoms with E-state index < -0.39 is 28.8 Å². The minimum absolute atomic E-state index is 0.129. The van der Waals surface area contributed by atoms with Crippen molar-refractivity contribution in [2.75, 3.05) is 11.1 Å². The van der Waals surface area contributed by atoms with E-state index in [0.29, 0.717) is 6.07 Å². The topological polar surface area (TPSA) is 99.1 Å². The van der Waals surface area contributed by atoms with Gasteiger partial charge in [-0.2, -0.15) is 0 Å². The van der Waals surface area contributed by atoms with Crippen molar-refractivity contribution in [3.63, 3.8) is 0 Å². The molecule has 0 fully saturated rings. The Morgan fingerprint density at radius 2 is 1.71 bits per heavy atom. The molecule has 0 atom stereocenters. The maximum Gasteiger partial charge on any atom is 0.332 e. The van der Waals surface area contributed by atoms with Gasteiger partial charge in [-0.1, -0.05) is 0 Å². The number of nitrogens with two attached hydrogens (primary N) is 1. The maximum atomic E-state index is 13.1. The molecule has 1 heterocycles. The van der Waals surface area contributed by atoms with Crippen LogP contribution in [0.2, 0.25) is 0 Å². The lowest BCUT2D eigenvalue weighted by Crippen LogP contribution is -2.40. The first kappa shape index (κ1) is 17.1. The largest absolute Gasteiger partial charge is 0.383 e. The number of benzene rings is 1. The van der Waals surface area contributed by atoms with Crippen LogP contribution in [0.4, 0.5) is 20.3 Å². The number of anilines is 2. The lowest BCUT2D eigenvalue weighted by molar-refractivity contribution is -0.111. The highest BCUT2D eigenvalue weighted by Crippen LogP contribution is 2.11. The molecule has 0 unspecified atom stereocenters. The van der Waals surface area contributed by atoms with Crippen molar-refractivity contribution in [1.82, 2.24) is 9.13 Å². The summed E-state index contributed by atoms with van der Waals surface area (Å²) in [4.78, 5) is 35.6. The molecular weight excluding hydrogens is 322 g/mol. The fraction of sp³-hybridized carbons (Fsp3) is 0.133. The lowest BCUT2D eigenvalue weighted by Gasteiger charge is -2.11. The van der Waals surface area contributed by atoms with E-state index in [9.17, 15) is 23.2 Å². The summed E-state index contributed by atoms with van der Waals surface area (Å²) in [5, 5.41) is 2.26. The Hall–Kier alpha value is -3.23. The Bertz CT molecular complexity index is 940. The van der Waals surface area contributed by atoms with E-state index in [1.54, 1.807) is 0 Å². The SMILES string of the molecule is Cn1c(N)c(NC(=O)/C=C/c2cc(F)cc(F)c2)c(=O)n(C)c1=O. The van der Waals surface area contributed by atoms with E-state index in [2.05, 4.69) is 5.32 Å². The molecule has 2 aromatic rings. The molecule has 0 spiro atoms. The highest BCUT2D eigenvalue weighted by atomic mass is 19.1. The highest BCUT2D eigenvalue weighted by molar-refractivity contribution is 6.03. The van der Waals surface area contributed by atoms with Gasteiger partial charge in [-0.3, -0.25) is 18.7 Å². The van der Waals surface area contributed by atoms with Crippen LogP contribution in [0.1, 0.15) is 5.56 Å². The molecule has 9 heteroatoms. The van der Waals surface area contributed by atoms with Gasteiger partial charge in [0.15, 0.2) is 0 Å². The molecule has 0 aliphatic rings. The van der Waals surface area contributed by atoms with Gasteiger partial charge in [0.2, 0.25) is 5.91 Å². The van der Waals surface area contributed by atoms with Crippen molar-refractivity contribution in [2.24, 2.45) is 14.1 Å². The summed E-state index contributed by atoms with van der Waals surface area (Å²) in [6.45, 7) is 0. The average Bonchev–Trinajstić information content (AvgIpc) is 2.52. The van der Waals surface area contributed by atoms with Crippen LogP contribution in [0, 0.1) is 11.6 Å². The van der Waals surface area contributed by atoms with Crippen LogP contribution in [0.15, 0.2) is 33.9 Å². The summed E-state index contributed by atoms with van der Waals surface area (Å²) in [6.07, 6.45) is 2.16. The zero-order valence-electron chi connectivity index (χ0n) is 12.8. The Kier molecular flexibility index (Phi) is 4.63. The van der Waals surface area contributed by atoms with Crippen LogP contribution in [-0.4, -0.2) is 15.0 Å². The van der Waals surface area contributed by atoms with E-state index in [1.165, 1.54) is 20.2 Å². The molecule has 1 aromatic carbocycles. The molecule has 0 saturated heterocycles. The predicted octanol–water partition coefficient (Wildman–Crippen LogP) is 0.596. The summed E-state index contributed by atoms with van der Waals surface area (Å²) in [7, 11) is 2.59. The Balaban J connectivity index is 2.29. The average molecular weight is 336 g/mol. The minimum Gasteiger partial charge on any atom is -0.383 e. The van der Waals surface area contributed by atoms with Crippen molar-refractivity contribution < 1.29 is 13.6 Å². The fourth-order valence-electron chi connectivity index (χ4n) is 1.99. The van der Waals surface area contributed by atoms with Crippen LogP contribution in [0.25, 0.3) is 6.08 Å². The lowest BCUT2D eigenvalue weighted by atomic mass is 10.2. The Morgan fingerprint density at radius 1 is 1.12 bits per heavy atom. The summed E-state index contributed by atoms with van der Waals surface area (Å²) in [5.74, 6) is -2.53. The van der Waals surface area contributed by atoms with Crippen molar-refractivity contribution in [2.45, 2.75) is 0 Å². The molecule has 0 radical (unpaired) electrons. The Labute approximate surface area is 134 Å². The van der Waals surface area contributed by atoms with E-state index in [4.69, 9.17) is 5.73 Å². The van der Waals surface area contributed by atoms with Crippen molar-refractivity contribution in [3.05, 3.63) is 62.3 Å². The molecule has 3 N–H and O–H groups in total. The summed E-state index contributed by atoms with van der Waals surface area (Å²) < 4.78 is 27.9. The molecular formula is C15H14F2N4O3. The number of nitrogens with zero attached hydrogens (tertiary/aromatic N) is 2. The van der Waals surface area contributed by atoms with E-state index in [-0.39, 0.29) is 17.1 Å². The number of hydrogen-bond donors (Lipinski definition) is 2. The van der Waals surface area contributed by atoms with Gasteiger partial charge >= 0.3 is 5.69 Å². The molecule has 0 aliphatic carbocycles. The molecule has 2 rings (SSSR count). The van der Waals surface area contributed by atoms with Crippen LogP contribution >= 0.6 is 0 Å².